The highest BCUT2D eigenvalue weighted by molar-refractivity contribution is 5.97. The quantitative estimate of drug-likeness (QED) is 0.0333. The summed E-state index contributed by atoms with van der Waals surface area (Å²) in [5, 5.41) is 51.0. The molecule has 10 aliphatic rings. The van der Waals surface area contributed by atoms with Crippen molar-refractivity contribution in [3.63, 3.8) is 0 Å². The molecule has 0 radical (unpaired) electrons. The number of hydrogen-bond acceptors (Lipinski definition) is 22. The number of aliphatic hydroxyl groups excluding tert-OH is 2. The zero-order valence-corrected chi connectivity index (χ0v) is 53.9. The molecule has 93 heavy (non-hydrogen) atoms. The van der Waals surface area contributed by atoms with Gasteiger partial charge in [0, 0.05) is 91.1 Å². The van der Waals surface area contributed by atoms with Gasteiger partial charge in [0.2, 0.25) is 11.7 Å². The lowest BCUT2D eigenvalue weighted by molar-refractivity contribution is -0.286. The summed E-state index contributed by atoms with van der Waals surface area (Å²) in [5.41, 5.74) is -5.73. The number of aliphatic hydroxyl groups is 3. The third-order valence-corrected chi connectivity index (χ3v) is 23.3. The van der Waals surface area contributed by atoms with E-state index in [-0.39, 0.29) is 24.7 Å². The van der Waals surface area contributed by atoms with Crippen LogP contribution in [0.2, 0.25) is 0 Å². The van der Waals surface area contributed by atoms with Crippen LogP contribution < -0.4 is 19.5 Å². The molecule has 0 bridgehead atoms. The molecule has 4 aromatic rings. The first kappa shape index (κ1) is 62.9. The average molecular weight is 1290 g/mol. The molecule has 3 aromatic carbocycles. The third-order valence-electron chi connectivity index (χ3n) is 23.3. The highest BCUT2D eigenvalue weighted by atomic mass is 16.8. The number of benzene rings is 3. The van der Waals surface area contributed by atoms with Crippen molar-refractivity contribution in [1.82, 2.24) is 20.3 Å². The van der Waals surface area contributed by atoms with Gasteiger partial charge >= 0.3 is 35.8 Å². The van der Waals surface area contributed by atoms with Gasteiger partial charge in [0.05, 0.1) is 46.9 Å². The van der Waals surface area contributed by atoms with Crippen LogP contribution in [-0.2, 0) is 80.7 Å². The SMILES string of the molecule is CC(=O)O[C@H]1C2[C@@H]([C@@H](O)[C@@H](NC(=O)CCCCCCn3cc(COc4ccc5c(c4)Oc4cc(OC(=O)C(C)(C)C)ccc4C54OC(=O)c5ccccc54)nn3)[C@H]3C[C@@H]4O[C@@H]4[C@H](OC(C)=O)[C@]23C)[C@@H]2[C@@H](O)[C@@H]3[C@H]([C@H](C)[C@H]4O[C@]45OC(=O)[C@@](C)(O)[C@]35C)[C@@]2(C)[C@H]1OC(C)=O. The summed E-state index contributed by atoms with van der Waals surface area (Å²) in [6.45, 7) is 18.3. The molecule has 22 atom stereocenters. The van der Waals surface area contributed by atoms with Gasteiger partial charge in [-0.1, -0.05) is 57.0 Å². The van der Waals surface area contributed by atoms with Gasteiger partial charge < -0.3 is 68.0 Å². The summed E-state index contributed by atoms with van der Waals surface area (Å²) in [6.07, 6.45) is -3.40. The Bertz CT molecular complexity index is 3810. The lowest BCUT2D eigenvalue weighted by atomic mass is 9.40. The number of carbonyl (C=O) groups is 7. The van der Waals surface area contributed by atoms with E-state index >= 15 is 0 Å². The minimum absolute atomic E-state index is 0.0647. The standard InChI is InChI=1S/C69H80N4O20/c1-31-48-51(66(10)67(11,83)62(82)93-69(66)57(31)91-69)54(79)49-47-50(56(85-32(2)74)59(65(48,49)9)87-34(4)76)64(8)42(28-45-55(90-45)58(64)86-33(3)75)52(53(47)78)70-46(77)20-14-12-13-17-25-73-29-35(71-72-73)30-84-36-21-23-40-43(26-36)89-44-27-37(88-61(81)63(5,6)7)22-24-41(44)68(40)39-19-16-15-18-38(39)60(80)92-68/h15-16,18-19,21-24,26-27,29,31,42,45,47-59,78-79,83H,12-14,17,20,25,28,30H2,1-11H3,(H,70,77)/t31-,42+,45-,47-,48-,49+,50?,51-,52-,53+,54+,55-,56-,57+,58-,59-,64-,65+,66-,67+,68?,69-/m0/s1. The van der Waals surface area contributed by atoms with E-state index in [1.165, 1.54) is 27.7 Å². The van der Waals surface area contributed by atoms with Crippen molar-refractivity contribution in [2.75, 3.05) is 0 Å². The number of unbranched alkanes of at least 4 members (excludes halogenated alkanes) is 3. The zero-order chi connectivity index (χ0) is 66.2. The van der Waals surface area contributed by atoms with Crippen molar-refractivity contribution in [3.8, 4) is 23.0 Å². The van der Waals surface area contributed by atoms with Gasteiger partial charge in [0.1, 0.15) is 65.8 Å². The molecule has 4 N–H and O–H groups in total. The number of aromatic nitrogens is 3. The van der Waals surface area contributed by atoms with E-state index in [9.17, 15) is 48.9 Å². The van der Waals surface area contributed by atoms with E-state index in [1.807, 2.05) is 32.9 Å². The first-order chi connectivity index (χ1) is 43.9. The summed E-state index contributed by atoms with van der Waals surface area (Å²) in [5.74, 6) is -10.3. The fourth-order valence-electron chi connectivity index (χ4n) is 19.2. The van der Waals surface area contributed by atoms with Crippen LogP contribution in [0.25, 0.3) is 0 Å². The molecule has 5 saturated carbocycles. The van der Waals surface area contributed by atoms with E-state index in [1.54, 1.807) is 87.1 Å². The second-order valence-corrected chi connectivity index (χ2v) is 29.4. The molecule has 1 amide bonds. The molecular weight excluding hydrogens is 1200 g/mol. The zero-order valence-electron chi connectivity index (χ0n) is 53.9. The van der Waals surface area contributed by atoms with Crippen molar-refractivity contribution in [2.24, 2.45) is 63.1 Å². The summed E-state index contributed by atoms with van der Waals surface area (Å²) in [7, 11) is 0. The first-order valence-corrected chi connectivity index (χ1v) is 32.4. The number of esters is 6. The maximum atomic E-state index is 14.5. The van der Waals surface area contributed by atoms with Crippen LogP contribution in [0.3, 0.4) is 0 Å². The molecule has 14 rings (SSSR count). The second-order valence-electron chi connectivity index (χ2n) is 29.4. The Hall–Kier alpha value is -7.51. The van der Waals surface area contributed by atoms with Crippen molar-refractivity contribution in [2.45, 2.75) is 200 Å². The summed E-state index contributed by atoms with van der Waals surface area (Å²) < 4.78 is 64.1. The number of nitrogens with zero attached hydrogens (tertiary/aromatic N) is 3. The number of fused-ring (bicyclic) bond motifs is 15. The highest BCUT2D eigenvalue weighted by Crippen LogP contribution is 2.81. The van der Waals surface area contributed by atoms with Gasteiger partial charge in [-0.05, 0) is 108 Å². The molecule has 1 aromatic heterocycles. The monoisotopic (exact) mass is 1280 g/mol. The Morgan fingerprint density at radius 1 is 0.763 bits per heavy atom. The lowest BCUT2D eigenvalue weighted by Gasteiger charge is -2.67. The van der Waals surface area contributed by atoms with Gasteiger partial charge in [-0.15, -0.1) is 5.10 Å². The number of nitrogens with one attached hydrogen (secondary N) is 1. The predicted molar refractivity (Wildman–Crippen MR) is 320 cm³/mol. The van der Waals surface area contributed by atoms with E-state index in [4.69, 9.17) is 47.4 Å². The van der Waals surface area contributed by atoms with Crippen LogP contribution in [0.4, 0.5) is 0 Å². The van der Waals surface area contributed by atoms with Crippen LogP contribution in [0.15, 0.2) is 66.9 Å². The first-order valence-electron chi connectivity index (χ1n) is 32.4. The summed E-state index contributed by atoms with van der Waals surface area (Å²) >= 11 is 0. The van der Waals surface area contributed by atoms with Crippen molar-refractivity contribution in [1.29, 1.82) is 0 Å². The minimum Gasteiger partial charge on any atom is -0.487 e. The van der Waals surface area contributed by atoms with E-state index in [0.717, 1.165) is 6.42 Å². The second kappa shape index (κ2) is 21.5. The molecular formula is C69H80N4O20. The van der Waals surface area contributed by atoms with Crippen LogP contribution in [-0.4, -0.2) is 138 Å². The molecule has 3 saturated heterocycles. The van der Waals surface area contributed by atoms with Crippen molar-refractivity contribution < 1.29 is 96.2 Å². The van der Waals surface area contributed by atoms with Gasteiger partial charge in [0.25, 0.3) is 0 Å². The van der Waals surface area contributed by atoms with Crippen LogP contribution in [0.5, 0.6) is 23.0 Å². The lowest BCUT2D eigenvalue weighted by Crippen LogP contribution is -2.77. The largest absolute Gasteiger partial charge is 0.487 e. The van der Waals surface area contributed by atoms with E-state index in [2.05, 4.69) is 15.6 Å². The molecule has 6 heterocycles. The number of ether oxygens (including phenoxy) is 10. The van der Waals surface area contributed by atoms with E-state index < -0.39 is 171 Å². The van der Waals surface area contributed by atoms with Crippen molar-refractivity contribution in [3.05, 3.63) is 94.8 Å². The maximum Gasteiger partial charge on any atom is 0.341 e. The fraction of sp³-hybridized carbons (Fsp3) is 0.609. The molecule has 496 valence electrons. The topological polar surface area (TPSA) is 322 Å². The predicted octanol–water partition coefficient (Wildman–Crippen LogP) is 6.31. The molecule has 5 aliphatic heterocycles. The Balaban J connectivity index is 0.659. The van der Waals surface area contributed by atoms with Crippen LogP contribution in [0.1, 0.15) is 147 Å². The molecule has 8 fully saturated rings. The van der Waals surface area contributed by atoms with Crippen LogP contribution >= 0.6 is 0 Å². The molecule has 24 nitrogen and oxygen atoms in total. The molecule has 2 spiro atoms. The Labute approximate surface area is 536 Å². The van der Waals surface area contributed by atoms with Gasteiger partial charge in [-0.25, -0.2) is 9.59 Å². The Morgan fingerprint density at radius 3 is 2.13 bits per heavy atom. The Morgan fingerprint density at radius 2 is 1.43 bits per heavy atom. The fourth-order valence-corrected chi connectivity index (χ4v) is 19.2. The number of epoxide rings is 2. The minimum atomic E-state index is -2.17. The van der Waals surface area contributed by atoms with Gasteiger partial charge in [-0.2, -0.15) is 0 Å². The summed E-state index contributed by atoms with van der Waals surface area (Å²) in [4.78, 5) is 94.9. The molecule has 2 unspecified atom stereocenters. The molecule has 5 aliphatic carbocycles. The molecule has 24 heteroatoms. The number of aryl methyl sites for hydroxylation is 1. The number of carbonyl (C=O) groups excluding carboxylic acids is 7. The number of amides is 1. The average Bonchev–Trinajstić information content (AvgIpc) is 1.45. The van der Waals surface area contributed by atoms with Crippen molar-refractivity contribution >= 4 is 41.7 Å². The van der Waals surface area contributed by atoms with Crippen LogP contribution in [0, 0.1) is 63.1 Å². The highest BCUT2D eigenvalue weighted by Gasteiger charge is 2.93. The Kier molecular flexibility index (Phi) is 14.5. The number of hydrogen-bond donors (Lipinski definition) is 4. The summed E-state index contributed by atoms with van der Waals surface area (Å²) in [6, 6.07) is 16.5. The normalized spacial score (nSPS) is 39.6. The van der Waals surface area contributed by atoms with Gasteiger partial charge in [0.15, 0.2) is 11.2 Å². The maximum absolute atomic E-state index is 14.5. The smallest absolute Gasteiger partial charge is 0.341 e. The number of rotatable bonds is 15. The van der Waals surface area contributed by atoms with Gasteiger partial charge in [-0.3, -0.25) is 28.7 Å². The van der Waals surface area contributed by atoms with E-state index in [0.29, 0.717) is 77.4 Å². The third kappa shape index (κ3) is 9.09.